The average Bonchev–Trinajstić information content (AvgIpc) is 3.27. The van der Waals surface area contributed by atoms with Crippen molar-refractivity contribution in [2.45, 2.75) is 6.54 Å². The Hall–Kier alpha value is -3.39. The van der Waals surface area contributed by atoms with Gasteiger partial charge in [-0.2, -0.15) is 0 Å². The Morgan fingerprint density at radius 1 is 1.03 bits per heavy atom. The second-order valence-electron chi connectivity index (χ2n) is 5.95. The minimum atomic E-state index is -0.635. The first kappa shape index (κ1) is 20.3. The molecule has 150 valence electrons. The molecule has 1 N–H and O–H groups in total. The van der Waals surface area contributed by atoms with Crippen LogP contribution in [-0.2, 0) is 16.1 Å². The Balaban J connectivity index is 1.49. The third-order valence-electron chi connectivity index (χ3n) is 4.01. The number of hydrogen-bond donors (Lipinski definition) is 1. The van der Waals surface area contributed by atoms with Crippen LogP contribution in [-0.4, -0.2) is 37.7 Å². The maximum atomic E-state index is 12.1. The summed E-state index contributed by atoms with van der Waals surface area (Å²) in [6, 6.07) is 14.9. The zero-order valence-corrected chi connectivity index (χ0v) is 16.8. The number of benzene rings is 2. The van der Waals surface area contributed by atoms with E-state index in [1.807, 2.05) is 36.4 Å². The minimum absolute atomic E-state index is 0.182. The standard InChI is InChI=1S/C21H20N2O5S/c1-26-17-9-8-14(10-18(17)27-2)11-22-19(24)12-28-21(25)16-13-29-20(23-16)15-6-4-3-5-7-15/h3-10,13H,11-12H2,1-2H3,(H,22,24). The normalized spacial score (nSPS) is 10.3. The number of aromatic nitrogens is 1. The second-order valence-corrected chi connectivity index (χ2v) is 6.80. The molecule has 1 amide bonds. The molecule has 0 saturated heterocycles. The van der Waals surface area contributed by atoms with Crippen molar-refractivity contribution in [1.82, 2.24) is 10.3 Å². The van der Waals surface area contributed by atoms with E-state index >= 15 is 0 Å². The van der Waals surface area contributed by atoms with Crippen molar-refractivity contribution in [3.05, 3.63) is 65.2 Å². The van der Waals surface area contributed by atoms with Crippen LogP contribution < -0.4 is 14.8 Å². The summed E-state index contributed by atoms with van der Waals surface area (Å²) in [5.41, 5.74) is 1.93. The van der Waals surface area contributed by atoms with Crippen molar-refractivity contribution in [3.8, 4) is 22.1 Å². The van der Waals surface area contributed by atoms with Crippen LogP contribution in [0.4, 0.5) is 0 Å². The average molecular weight is 412 g/mol. The molecular weight excluding hydrogens is 392 g/mol. The molecule has 0 aliphatic heterocycles. The van der Waals surface area contributed by atoms with Crippen LogP contribution >= 0.6 is 11.3 Å². The van der Waals surface area contributed by atoms with E-state index in [4.69, 9.17) is 14.2 Å². The predicted molar refractivity (Wildman–Crippen MR) is 109 cm³/mol. The van der Waals surface area contributed by atoms with Crippen LogP contribution in [0.1, 0.15) is 16.1 Å². The number of carbonyl (C=O) groups is 2. The van der Waals surface area contributed by atoms with Gasteiger partial charge in [0.1, 0.15) is 5.01 Å². The van der Waals surface area contributed by atoms with Gasteiger partial charge in [-0.25, -0.2) is 9.78 Å². The summed E-state index contributed by atoms with van der Waals surface area (Å²) in [6.45, 7) is -0.115. The molecule has 0 spiro atoms. The number of amides is 1. The van der Waals surface area contributed by atoms with Gasteiger partial charge in [0.2, 0.25) is 0 Å². The Bertz CT molecular complexity index is 988. The Morgan fingerprint density at radius 3 is 2.52 bits per heavy atom. The van der Waals surface area contributed by atoms with Gasteiger partial charge in [-0.05, 0) is 17.7 Å². The van der Waals surface area contributed by atoms with E-state index in [1.54, 1.807) is 31.7 Å². The number of nitrogens with one attached hydrogen (secondary N) is 1. The predicted octanol–water partition coefficient (Wildman–Crippen LogP) is 3.30. The monoisotopic (exact) mass is 412 g/mol. The quantitative estimate of drug-likeness (QED) is 0.572. The maximum Gasteiger partial charge on any atom is 0.358 e. The van der Waals surface area contributed by atoms with Gasteiger partial charge in [0.15, 0.2) is 23.8 Å². The minimum Gasteiger partial charge on any atom is -0.493 e. The highest BCUT2D eigenvalue weighted by Crippen LogP contribution is 2.27. The molecule has 0 fully saturated rings. The zero-order chi connectivity index (χ0) is 20.6. The second kappa shape index (κ2) is 9.70. The first-order chi connectivity index (χ1) is 14.1. The lowest BCUT2D eigenvalue weighted by Gasteiger charge is -2.10. The molecule has 7 nitrogen and oxygen atoms in total. The molecule has 2 aromatic carbocycles. The van der Waals surface area contributed by atoms with E-state index in [0.29, 0.717) is 11.5 Å². The largest absolute Gasteiger partial charge is 0.493 e. The molecule has 3 aromatic rings. The van der Waals surface area contributed by atoms with Gasteiger partial charge < -0.3 is 19.5 Å². The molecule has 0 aliphatic carbocycles. The van der Waals surface area contributed by atoms with Crippen LogP contribution in [0, 0.1) is 0 Å². The zero-order valence-electron chi connectivity index (χ0n) is 16.0. The number of nitrogens with zero attached hydrogens (tertiary/aromatic N) is 1. The van der Waals surface area contributed by atoms with Gasteiger partial charge in [-0.1, -0.05) is 36.4 Å². The van der Waals surface area contributed by atoms with Gasteiger partial charge in [-0.3, -0.25) is 4.79 Å². The summed E-state index contributed by atoms with van der Waals surface area (Å²) in [5, 5.41) is 5.03. The van der Waals surface area contributed by atoms with Crippen LogP contribution in [0.25, 0.3) is 10.6 Å². The summed E-state index contributed by atoms with van der Waals surface area (Å²) >= 11 is 1.34. The molecule has 8 heteroatoms. The Kier molecular flexibility index (Phi) is 6.80. The van der Waals surface area contributed by atoms with Gasteiger partial charge in [0.25, 0.3) is 5.91 Å². The first-order valence-corrected chi connectivity index (χ1v) is 9.64. The first-order valence-electron chi connectivity index (χ1n) is 8.76. The summed E-state index contributed by atoms with van der Waals surface area (Å²) in [5.74, 6) is 0.134. The van der Waals surface area contributed by atoms with E-state index in [1.165, 1.54) is 11.3 Å². The van der Waals surface area contributed by atoms with E-state index in [-0.39, 0.29) is 18.8 Å². The van der Waals surface area contributed by atoms with E-state index < -0.39 is 11.9 Å². The van der Waals surface area contributed by atoms with E-state index in [2.05, 4.69) is 10.3 Å². The molecule has 1 heterocycles. The van der Waals surface area contributed by atoms with Gasteiger partial charge in [0, 0.05) is 17.5 Å². The molecule has 0 bridgehead atoms. The van der Waals surface area contributed by atoms with Crippen molar-refractivity contribution in [2.24, 2.45) is 0 Å². The molecule has 29 heavy (non-hydrogen) atoms. The third-order valence-corrected chi connectivity index (χ3v) is 4.90. The smallest absolute Gasteiger partial charge is 0.358 e. The fraction of sp³-hybridized carbons (Fsp3) is 0.190. The SMILES string of the molecule is COc1ccc(CNC(=O)COC(=O)c2csc(-c3ccccc3)n2)cc1OC. The van der Waals surface area contributed by atoms with E-state index in [0.717, 1.165) is 16.1 Å². The van der Waals surface area contributed by atoms with E-state index in [9.17, 15) is 9.59 Å². The van der Waals surface area contributed by atoms with Crippen molar-refractivity contribution < 1.29 is 23.8 Å². The molecular formula is C21H20N2O5S. The number of methoxy groups -OCH3 is 2. The molecule has 0 atom stereocenters. The summed E-state index contributed by atoms with van der Waals surface area (Å²) in [4.78, 5) is 28.4. The number of thiazole rings is 1. The van der Waals surface area contributed by atoms with Crippen LogP contribution in [0.5, 0.6) is 11.5 Å². The molecule has 0 aliphatic rings. The highest BCUT2D eigenvalue weighted by atomic mass is 32.1. The maximum absolute atomic E-state index is 12.1. The number of ether oxygens (including phenoxy) is 3. The summed E-state index contributed by atoms with van der Waals surface area (Å²) < 4.78 is 15.5. The molecule has 1 aromatic heterocycles. The van der Waals surface area contributed by atoms with Crippen LogP contribution in [0.15, 0.2) is 53.9 Å². The fourth-order valence-corrected chi connectivity index (χ4v) is 3.32. The van der Waals surface area contributed by atoms with Crippen LogP contribution in [0.3, 0.4) is 0 Å². The highest BCUT2D eigenvalue weighted by Gasteiger charge is 2.15. The van der Waals surface area contributed by atoms with Gasteiger partial charge >= 0.3 is 5.97 Å². The van der Waals surface area contributed by atoms with Crippen molar-refractivity contribution >= 4 is 23.2 Å². The summed E-state index contributed by atoms with van der Waals surface area (Å²) in [7, 11) is 3.10. The van der Waals surface area contributed by atoms with Gasteiger partial charge in [0.05, 0.1) is 14.2 Å². The van der Waals surface area contributed by atoms with Crippen molar-refractivity contribution in [2.75, 3.05) is 20.8 Å². The lowest BCUT2D eigenvalue weighted by molar-refractivity contribution is -0.124. The lowest BCUT2D eigenvalue weighted by Crippen LogP contribution is -2.28. The molecule has 0 radical (unpaired) electrons. The lowest BCUT2D eigenvalue weighted by atomic mass is 10.2. The summed E-state index contributed by atoms with van der Waals surface area (Å²) in [6.07, 6.45) is 0. The van der Waals surface area contributed by atoms with Crippen molar-refractivity contribution in [1.29, 1.82) is 0 Å². The Morgan fingerprint density at radius 2 is 1.79 bits per heavy atom. The number of rotatable bonds is 8. The van der Waals surface area contributed by atoms with Crippen molar-refractivity contribution in [3.63, 3.8) is 0 Å². The molecule has 3 rings (SSSR count). The topological polar surface area (TPSA) is 86.8 Å². The third kappa shape index (κ3) is 5.32. The fourth-order valence-electron chi connectivity index (χ4n) is 2.53. The Labute approximate surface area is 172 Å². The number of hydrogen-bond acceptors (Lipinski definition) is 7. The molecule has 0 unspecified atom stereocenters. The highest BCUT2D eigenvalue weighted by molar-refractivity contribution is 7.13. The number of esters is 1. The molecule has 0 saturated carbocycles. The van der Waals surface area contributed by atoms with Gasteiger partial charge in [-0.15, -0.1) is 11.3 Å². The number of carbonyl (C=O) groups excluding carboxylic acids is 2. The van der Waals surface area contributed by atoms with Crippen LogP contribution in [0.2, 0.25) is 0 Å².